The van der Waals surface area contributed by atoms with Gasteiger partial charge in [0.05, 0.1) is 12.7 Å². The van der Waals surface area contributed by atoms with Crippen LogP contribution in [0.4, 0.5) is 8.78 Å². The van der Waals surface area contributed by atoms with Gasteiger partial charge in [-0.3, -0.25) is 4.79 Å². The summed E-state index contributed by atoms with van der Waals surface area (Å²) in [7, 11) is 1.61. The van der Waals surface area contributed by atoms with Crippen LogP contribution in [-0.2, 0) is 10.2 Å². The third-order valence-electron chi connectivity index (χ3n) is 4.92. The van der Waals surface area contributed by atoms with Crippen LogP contribution in [0.5, 0.6) is 5.75 Å². The second-order valence-corrected chi connectivity index (χ2v) is 6.43. The molecular formula is C20H21F2NO3. The number of nitrogens with one attached hydrogen (secondary N) is 1. The van der Waals surface area contributed by atoms with E-state index in [1.54, 1.807) is 7.11 Å². The molecule has 1 aliphatic heterocycles. The Labute approximate surface area is 151 Å². The van der Waals surface area contributed by atoms with Gasteiger partial charge >= 0.3 is 0 Å². The van der Waals surface area contributed by atoms with Gasteiger partial charge < -0.3 is 14.8 Å². The Morgan fingerprint density at radius 3 is 2.46 bits per heavy atom. The van der Waals surface area contributed by atoms with E-state index in [-0.39, 0.29) is 11.0 Å². The second kappa shape index (κ2) is 7.83. The number of rotatable bonds is 5. The zero-order chi connectivity index (χ0) is 18.6. The van der Waals surface area contributed by atoms with E-state index < -0.39 is 17.5 Å². The van der Waals surface area contributed by atoms with Crippen molar-refractivity contribution >= 4 is 5.91 Å². The molecule has 0 radical (unpaired) electrons. The number of hydrogen-bond donors (Lipinski definition) is 1. The van der Waals surface area contributed by atoms with Gasteiger partial charge in [-0.1, -0.05) is 12.1 Å². The Bertz CT molecular complexity index is 771. The van der Waals surface area contributed by atoms with Gasteiger partial charge in [0.15, 0.2) is 0 Å². The molecule has 0 saturated carbocycles. The number of carbonyl (C=O) groups excluding carboxylic acids is 1. The summed E-state index contributed by atoms with van der Waals surface area (Å²) in [6.07, 6.45) is 1.48. The number of amides is 1. The van der Waals surface area contributed by atoms with Crippen molar-refractivity contribution < 1.29 is 23.0 Å². The van der Waals surface area contributed by atoms with Gasteiger partial charge in [0.25, 0.3) is 5.91 Å². The minimum absolute atomic E-state index is 0.164. The molecule has 4 nitrogen and oxygen atoms in total. The number of carbonyl (C=O) groups is 1. The van der Waals surface area contributed by atoms with Crippen molar-refractivity contribution in [2.45, 2.75) is 18.3 Å². The van der Waals surface area contributed by atoms with E-state index in [1.807, 2.05) is 24.3 Å². The number of halogens is 2. The van der Waals surface area contributed by atoms with E-state index in [9.17, 15) is 13.6 Å². The molecule has 0 aromatic heterocycles. The molecule has 0 atom stereocenters. The fourth-order valence-corrected chi connectivity index (χ4v) is 3.29. The zero-order valence-corrected chi connectivity index (χ0v) is 14.6. The van der Waals surface area contributed by atoms with Gasteiger partial charge in [-0.2, -0.15) is 0 Å². The van der Waals surface area contributed by atoms with Gasteiger partial charge in [-0.15, -0.1) is 0 Å². The smallest absolute Gasteiger partial charge is 0.254 e. The summed E-state index contributed by atoms with van der Waals surface area (Å²) in [5.74, 6) is -1.37. The highest BCUT2D eigenvalue weighted by Gasteiger charge is 2.35. The van der Waals surface area contributed by atoms with Crippen LogP contribution in [0.3, 0.4) is 0 Å². The summed E-state index contributed by atoms with van der Waals surface area (Å²) in [5.41, 5.74) is 0.612. The Morgan fingerprint density at radius 2 is 1.85 bits per heavy atom. The van der Waals surface area contributed by atoms with Gasteiger partial charge in [0, 0.05) is 31.2 Å². The highest BCUT2D eigenvalue weighted by Crippen LogP contribution is 2.35. The van der Waals surface area contributed by atoms with Crippen molar-refractivity contribution in [1.82, 2.24) is 5.32 Å². The van der Waals surface area contributed by atoms with Crippen LogP contribution in [0.15, 0.2) is 42.5 Å². The standard InChI is InChI=1S/C20H21F2NO3/c1-25-16-5-2-14(3-6-16)20(8-10-26-11-9-20)13-23-19(24)17-7-4-15(21)12-18(17)22/h2-7,12H,8-11,13H2,1H3,(H,23,24). The lowest BCUT2D eigenvalue weighted by atomic mass is 9.74. The number of hydrogen-bond acceptors (Lipinski definition) is 3. The number of benzene rings is 2. The average Bonchev–Trinajstić information content (AvgIpc) is 2.67. The van der Waals surface area contributed by atoms with Crippen LogP contribution >= 0.6 is 0 Å². The van der Waals surface area contributed by atoms with E-state index in [2.05, 4.69) is 5.32 Å². The minimum atomic E-state index is -0.868. The SMILES string of the molecule is COc1ccc(C2(CNC(=O)c3ccc(F)cc3F)CCOCC2)cc1. The molecule has 1 fully saturated rings. The van der Waals surface area contributed by atoms with Gasteiger partial charge in [-0.25, -0.2) is 8.78 Å². The predicted molar refractivity (Wildman–Crippen MR) is 93.4 cm³/mol. The van der Waals surface area contributed by atoms with Crippen molar-refractivity contribution in [1.29, 1.82) is 0 Å². The molecule has 1 saturated heterocycles. The van der Waals surface area contributed by atoms with Crippen LogP contribution in [-0.4, -0.2) is 32.8 Å². The normalized spacial score (nSPS) is 16.1. The zero-order valence-electron chi connectivity index (χ0n) is 14.6. The summed E-state index contributed by atoms with van der Waals surface area (Å²) >= 11 is 0. The van der Waals surface area contributed by atoms with E-state index in [4.69, 9.17) is 9.47 Å². The quantitative estimate of drug-likeness (QED) is 0.887. The summed E-state index contributed by atoms with van der Waals surface area (Å²) in [4.78, 5) is 12.4. The first kappa shape index (κ1) is 18.3. The topological polar surface area (TPSA) is 47.6 Å². The Balaban J connectivity index is 1.79. The average molecular weight is 361 g/mol. The van der Waals surface area contributed by atoms with Crippen molar-refractivity contribution in [2.24, 2.45) is 0 Å². The maximum Gasteiger partial charge on any atom is 0.254 e. The third kappa shape index (κ3) is 3.85. The molecule has 2 aromatic rings. The molecule has 3 rings (SSSR count). The molecule has 0 spiro atoms. The molecule has 1 heterocycles. The van der Waals surface area contributed by atoms with Crippen molar-refractivity contribution in [3.63, 3.8) is 0 Å². The van der Waals surface area contributed by atoms with Crippen LogP contribution in [0.2, 0.25) is 0 Å². The molecule has 1 aliphatic rings. The van der Waals surface area contributed by atoms with E-state index in [0.717, 1.165) is 36.3 Å². The summed E-state index contributed by atoms with van der Waals surface area (Å²) in [6, 6.07) is 10.7. The Morgan fingerprint density at radius 1 is 1.15 bits per heavy atom. The molecule has 1 N–H and O–H groups in total. The van der Waals surface area contributed by atoms with Crippen molar-refractivity contribution in [3.8, 4) is 5.75 Å². The first-order valence-electron chi connectivity index (χ1n) is 8.50. The van der Waals surface area contributed by atoms with E-state index in [1.165, 1.54) is 0 Å². The Kier molecular flexibility index (Phi) is 5.52. The molecule has 138 valence electrons. The van der Waals surface area contributed by atoms with Gasteiger partial charge in [-0.05, 0) is 42.7 Å². The summed E-state index contributed by atoms with van der Waals surface area (Å²) in [5, 5.41) is 2.81. The maximum absolute atomic E-state index is 13.8. The van der Waals surface area contributed by atoms with Crippen LogP contribution in [0, 0.1) is 11.6 Å². The lowest BCUT2D eigenvalue weighted by molar-refractivity contribution is 0.0486. The molecule has 2 aromatic carbocycles. The van der Waals surface area contributed by atoms with Crippen molar-refractivity contribution in [3.05, 3.63) is 65.2 Å². The first-order valence-corrected chi connectivity index (χ1v) is 8.50. The molecule has 26 heavy (non-hydrogen) atoms. The largest absolute Gasteiger partial charge is 0.497 e. The van der Waals surface area contributed by atoms with Crippen LogP contribution in [0.25, 0.3) is 0 Å². The molecule has 0 aliphatic carbocycles. The lowest BCUT2D eigenvalue weighted by Gasteiger charge is -2.38. The van der Waals surface area contributed by atoms with Gasteiger partial charge in [0.2, 0.25) is 0 Å². The minimum Gasteiger partial charge on any atom is -0.497 e. The third-order valence-corrected chi connectivity index (χ3v) is 4.92. The second-order valence-electron chi connectivity index (χ2n) is 6.43. The van der Waals surface area contributed by atoms with E-state index >= 15 is 0 Å². The molecule has 1 amide bonds. The highest BCUT2D eigenvalue weighted by molar-refractivity contribution is 5.94. The molecule has 6 heteroatoms. The fourth-order valence-electron chi connectivity index (χ4n) is 3.29. The summed E-state index contributed by atoms with van der Waals surface area (Å²) < 4.78 is 37.5. The number of ether oxygens (including phenoxy) is 2. The highest BCUT2D eigenvalue weighted by atomic mass is 19.1. The fraction of sp³-hybridized carbons (Fsp3) is 0.350. The summed E-state index contributed by atoms with van der Waals surface area (Å²) in [6.45, 7) is 1.53. The maximum atomic E-state index is 13.8. The number of methoxy groups -OCH3 is 1. The molecular weight excluding hydrogens is 340 g/mol. The lowest BCUT2D eigenvalue weighted by Crippen LogP contribution is -2.44. The first-order chi connectivity index (χ1) is 12.5. The molecule has 0 unspecified atom stereocenters. The van der Waals surface area contributed by atoms with Gasteiger partial charge in [0.1, 0.15) is 17.4 Å². The monoisotopic (exact) mass is 361 g/mol. The van der Waals surface area contributed by atoms with E-state index in [0.29, 0.717) is 25.8 Å². The molecule has 0 bridgehead atoms. The van der Waals surface area contributed by atoms with Crippen LogP contribution in [0.1, 0.15) is 28.8 Å². The van der Waals surface area contributed by atoms with Crippen LogP contribution < -0.4 is 10.1 Å². The van der Waals surface area contributed by atoms with Crippen molar-refractivity contribution in [2.75, 3.05) is 26.9 Å². The Hall–Kier alpha value is -2.47. The predicted octanol–water partition coefficient (Wildman–Crippen LogP) is 3.45.